The van der Waals surface area contributed by atoms with E-state index in [1.54, 1.807) is 0 Å². The Kier molecular flexibility index (Phi) is 5.55. The molecular weight excluding hydrogens is 360 g/mol. The van der Waals surface area contributed by atoms with Crippen LogP contribution in [0.2, 0.25) is 0 Å². The second-order valence-corrected chi connectivity index (χ2v) is 10.7. The first-order valence-corrected chi connectivity index (χ1v) is 12.1. The van der Waals surface area contributed by atoms with E-state index in [0.29, 0.717) is 18.9 Å². The van der Waals surface area contributed by atoms with Crippen LogP contribution in [0.4, 0.5) is 0 Å². The number of hydrogen-bond donors (Lipinski definition) is 0. The molecule has 1 atom stereocenters. The summed E-state index contributed by atoms with van der Waals surface area (Å²) in [5.41, 5.74) is 1.40. The molecule has 5 nitrogen and oxygen atoms in total. The van der Waals surface area contributed by atoms with Gasteiger partial charge in [-0.2, -0.15) is 0 Å². The zero-order valence-corrected chi connectivity index (χ0v) is 16.7. The van der Waals surface area contributed by atoms with E-state index >= 15 is 0 Å². The third-order valence-corrected chi connectivity index (χ3v) is 8.01. The Morgan fingerprint density at radius 2 is 1.70 bits per heavy atom. The van der Waals surface area contributed by atoms with E-state index in [1.807, 2.05) is 4.90 Å². The number of rotatable bonds is 6. The number of carbonyl (C=O) groups is 1. The average molecular weight is 391 g/mol. The van der Waals surface area contributed by atoms with Gasteiger partial charge in [0.1, 0.15) is 0 Å². The number of likely N-dealkylation sites (tertiary alicyclic amines) is 1. The topological polar surface area (TPSA) is 57.7 Å². The summed E-state index contributed by atoms with van der Waals surface area (Å²) >= 11 is 0. The maximum Gasteiger partial charge on any atom is 0.237 e. The van der Waals surface area contributed by atoms with Gasteiger partial charge in [0.25, 0.3) is 0 Å². The van der Waals surface area contributed by atoms with Gasteiger partial charge in [-0.05, 0) is 63.1 Å². The summed E-state index contributed by atoms with van der Waals surface area (Å²) in [5, 5.41) is 0. The molecule has 148 valence electrons. The van der Waals surface area contributed by atoms with Crippen molar-refractivity contribution in [1.29, 1.82) is 0 Å². The van der Waals surface area contributed by atoms with Crippen LogP contribution in [-0.2, 0) is 21.1 Å². The van der Waals surface area contributed by atoms with Crippen molar-refractivity contribution < 1.29 is 13.2 Å². The fourth-order valence-corrected chi connectivity index (χ4v) is 6.33. The molecule has 1 aliphatic carbocycles. The molecule has 0 N–H and O–H groups in total. The minimum atomic E-state index is -2.96. The van der Waals surface area contributed by atoms with Crippen LogP contribution >= 0.6 is 0 Å². The van der Waals surface area contributed by atoms with Crippen molar-refractivity contribution in [2.45, 2.75) is 50.6 Å². The molecule has 0 unspecified atom stereocenters. The lowest BCUT2D eigenvalue weighted by atomic mass is 9.90. The first-order chi connectivity index (χ1) is 13.0. The van der Waals surface area contributed by atoms with Gasteiger partial charge in [0, 0.05) is 12.1 Å². The molecule has 3 aliphatic rings. The minimum absolute atomic E-state index is 0.0920. The number of amides is 1. The predicted molar refractivity (Wildman–Crippen MR) is 106 cm³/mol. The summed E-state index contributed by atoms with van der Waals surface area (Å²) in [5.74, 6) is 1.23. The van der Waals surface area contributed by atoms with Crippen LogP contribution in [0.1, 0.15) is 37.7 Å². The molecule has 0 spiro atoms. The number of piperidine rings is 1. The summed E-state index contributed by atoms with van der Waals surface area (Å²) in [6, 6.07) is 10.8. The van der Waals surface area contributed by atoms with Crippen LogP contribution in [-0.4, -0.2) is 67.3 Å². The van der Waals surface area contributed by atoms with E-state index in [9.17, 15) is 13.2 Å². The molecule has 6 heteroatoms. The zero-order valence-electron chi connectivity index (χ0n) is 15.9. The highest BCUT2D eigenvalue weighted by atomic mass is 32.2. The highest BCUT2D eigenvalue weighted by Gasteiger charge is 2.42. The standard InChI is InChI=1S/C21H30N2O3S/c24-21(23(19-6-7-19)20-10-13-27(25,26)16-20)15-22-11-8-18(9-12-22)14-17-4-2-1-3-5-17/h1-5,18-20H,6-16H2/t20-/m0/s1. The van der Waals surface area contributed by atoms with Gasteiger partial charge >= 0.3 is 0 Å². The minimum Gasteiger partial charge on any atom is -0.335 e. The Hall–Kier alpha value is -1.40. The molecule has 0 bridgehead atoms. The quantitative estimate of drug-likeness (QED) is 0.747. The predicted octanol–water partition coefficient (Wildman–Crippen LogP) is 2.12. The molecule has 2 aliphatic heterocycles. The van der Waals surface area contributed by atoms with Gasteiger partial charge in [0.05, 0.1) is 18.1 Å². The SMILES string of the molecule is O=C(CN1CCC(Cc2ccccc2)CC1)N(C1CC1)[C@H]1CCS(=O)(=O)C1. The smallest absolute Gasteiger partial charge is 0.237 e. The molecule has 2 heterocycles. The Labute approximate surface area is 162 Å². The van der Waals surface area contributed by atoms with Crippen LogP contribution < -0.4 is 0 Å². The summed E-state index contributed by atoms with van der Waals surface area (Å²) in [6.45, 7) is 2.38. The molecule has 2 saturated heterocycles. The van der Waals surface area contributed by atoms with Crippen LogP contribution in [0.5, 0.6) is 0 Å². The number of hydrogen-bond acceptors (Lipinski definition) is 4. The molecule has 1 aromatic rings. The second-order valence-electron chi connectivity index (χ2n) is 8.50. The number of nitrogens with zero attached hydrogens (tertiary/aromatic N) is 2. The molecule has 27 heavy (non-hydrogen) atoms. The Morgan fingerprint density at radius 3 is 2.30 bits per heavy atom. The van der Waals surface area contributed by atoms with Crippen LogP contribution in [0, 0.1) is 5.92 Å². The van der Waals surface area contributed by atoms with E-state index in [0.717, 1.165) is 45.2 Å². The van der Waals surface area contributed by atoms with Gasteiger partial charge in [-0.3, -0.25) is 9.69 Å². The van der Waals surface area contributed by atoms with Crippen molar-refractivity contribution in [3.8, 4) is 0 Å². The molecule has 4 rings (SSSR count). The Balaban J connectivity index is 1.28. The van der Waals surface area contributed by atoms with Crippen molar-refractivity contribution >= 4 is 15.7 Å². The largest absolute Gasteiger partial charge is 0.335 e. The lowest BCUT2D eigenvalue weighted by Crippen LogP contribution is -2.48. The van der Waals surface area contributed by atoms with E-state index < -0.39 is 9.84 Å². The maximum atomic E-state index is 13.0. The summed E-state index contributed by atoms with van der Waals surface area (Å²) in [7, 11) is -2.96. The van der Waals surface area contributed by atoms with Gasteiger partial charge in [0.2, 0.25) is 5.91 Å². The number of sulfone groups is 1. The van der Waals surface area contributed by atoms with Crippen LogP contribution in [0.15, 0.2) is 30.3 Å². The highest BCUT2D eigenvalue weighted by Crippen LogP contribution is 2.32. The first-order valence-electron chi connectivity index (χ1n) is 10.3. The second kappa shape index (κ2) is 7.92. The zero-order chi connectivity index (χ0) is 18.9. The lowest BCUT2D eigenvalue weighted by Gasteiger charge is -2.35. The van der Waals surface area contributed by atoms with E-state index in [-0.39, 0.29) is 29.5 Å². The molecule has 0 aromatic heterocycles. The number of benzene rings is 1. The van der Waals surface area contributed by atoms with Gasteiger partial charge < -0.3 is 4.90 Å². The Morgan fingerprint density at radius 1 is 1.00 bits per heavy atom. The Bertz CT molecular complexity index is 753. The van der Waals surface area contributed by atoms with Crippen molar-refractivity contribution in [3.05, 3.63) is 35.9 Å². The first kappa shape index (κ1) is 18.9. The monoisotopic (exact) mass is 390 g/mol. The maximum absolute atomic E-state index is 13.0. The van der Waals surface area contributed by atoms with E-state index in [2.05, 4.69) is 35.2 Å². The number of carbonyl (C=O) groups excluding carboxylic acids is 1. The summed E-state index contributed by atoms with van der Waals surface area (Å²) in [6.07, 6.45) is 6.05. The third-order valence-electron chi connectivity index (χ3n) is 6.26. The van der Waals surface area contributed by atoms with Gasteiger partial charge in [-0.25, -0.2) is 8.42 Å². The van der Waals surface area contributed by atoms with E-state index in [4.69, 9.17) is 0 Å². The fourth-order valence-electron chi connectivity index (χ4n) is 4.62. The molecule has 1 aromatic carbocycles. The summed E-state index contributed by atoms with van der Waals surface area (Å²) in [4.78, 5) is 17.2. The van der Waals surface area contributed by atoms with Crippen LogP contribution in [0.3, 0.4) is 0 Å². The molecule has 1 amide bonds. The van der Waals surface area contributed by atoms with Gasteiger partial charge in [0.15, 0.2) is 9.84 Å². The molecule has 1 saturated carbocycles. The summed E-state index contributed by atoms with van der Waals surface area (Å²) < 4.78 is 23.7. The molecule has 0 radical (unpaired) electrons. The average Bonchev–Trinajstić information content (AvgIpc) is 3.41. The third kappa shape index (κ3) is 4.91. The highest BCUT2D eigenvalue weighted by molar-refractivity contribution is 7.91. The molecule has 3 fully saturated rings. The lowest BCUT2D eigenvalue weighted by molar-refractivity contribution is -0.135. The van der Waals surface area contributed by atoms with Crippen molar-refractivity contribution in [2.75, 3.05) is 31.1 Å². The van der Waals surface area contributed by atoms with Gasteiger partial charge in [-0.1, -0.05) is 30.3 Å². The fraction of sp³-hybridized carbons (Fsp3) is 0.667. The van der Waals surface area contributed by atoms with Crippen LogP contribution in [0.25, 0.3) is 0 Å². The van der Waals surface area contributed by atoms with E-state index in [1.165, 1.54) is 5.56 Å². The van der Waals surface area contributed by atoms with Crippen molar-refractivity contribution in [3.63, 3.8) is 0 Å². The normalized spacial score (nSPS) is 26.1. The van der Waals surface area contributed by atoms with Crippen molar-refractivity contribution in [2.24, 2.45) is 5.92 Å². The molecular formula is C21H30N2O3S. The van der Waals surface area contributed by atoms with Gasteiger partial charge in [-0.15, -0.1) is 0 Å². The van der Waals surface area contributed by atoms with Crippen molar-refractivity contribution in [1.82, 2.24) is 9.80 Å².